The van der Waals surface area contributed by atoms with Gasteiger partial charge in [0.15, 0.2) is 0 Å². The van der Waals surface area contributed by atoms with Crippen LogP contribution in [0.1, 0.15) is 20.3 Å². The van der Waals surface area contributed by atoms with Crippen LogP contribution in [0.5, 0.6) is 0 Å². The van der Waals surface area contributed by atoms with Crippen LogP contribution in [-0.2, 0) is 4.79 Å². The quantitative estimate of drug-likeness (QED) is 0.640. The van der Waals surface area contributed by atoms with Crippen LogP contribution in [0.2, 0.25) is 0 Å². The smallest absolute Gasteiger partial charge is 0.317 e. The van der Waals surface area contributed by atoms with E-state index in [9.17, 15) is 4.79 Å². The number of carboxylic acids is 1. The number of likely N-dealkylation sites (N-methyl/N-ethyl adjacent to an activating group) is 1. The van der Waals surface area contributed by atoms with E-state index in [0.717, 1.165) is 17.9 Å². The molecule has 0 aromatic carbocycles. The summed E-state index contributed by atoms with van der Waals surface area (Å²) in [5.74, 6) is 1.49. The number of hydrogen-bond acceptors (Lipinski definition) is 3. The second-order valence-electron chi connectivity index (χ2n) is 3.14. The maximum atomic E-state index is 10.4. The number of aliphatic carboxylic acids is 1. The zero-order valence-electron chi connectivity index (χ0n) is 8.62. The van der Waals surface area contributed by atoms with E-state index < -0.39 is 5.97 Å². The molecule has 3 nitrogen and oxygen atoms in total. The van der Waals surface area contributed by atoms with Gasteiger partial charge >= 0.3 is 5.97 Å². The second-order valence-corrected chi connectivity index (χ2v) is 4.54. The molecule has 0 unspecified atom stereocenters. The van der Waals surface area contributed by atoms with Crippen LogP contribution in [0.25, 0.3) is 0 Å². The molecular weight excluding hydrogens is 186 g/mol. The van der Waals surface area contributed by atoms with Crippen LogP contribution in [0.4, 0.5) is 0 Å². The van der Waals surface area contributed by atoms with Crippen LogP contribution in [0.3, 0.4) is 0 Å². The van der Waals surface area contributed by atoms with E-state index >= 15 is 0 Å². The highest BCUT2D eigenvalue weighted by Crippen LogP contribution is 2.07. The Morgan fingerprint density at radius 1 is 1.62 bits per heavy atom. The Bertz CT molecular complexity index is 153. The normalized spacial score (nSPS) is 13.2. The molecule has 0 spiro atoms. The highest BCUT2D eigenvalue weighted by molar-refractivity contribution is 7.99. The first-order chi connectivity index (χ1) is 6.07. The van der Waals surface area contributed by atoms with E-state index in [4.69, 9.17) is 5.11 Å². The summed E-state index contributed by atoms with van der Waals surface area (Å²) in [6, 6.07) is 0.357. The maximum absolute atomic E-state index is 10.4. The molecule has 0 amide bonds. The van der Waals surface area contributed by atoms with Gasteiger partial charge in [0, 0.05) is 6.04 Å². The van der Waals surface area contributed by atoms with Crippen LogP contribution in [0.15, 0.2) is 0 Å². The predicted octanol–water partition coefficient (Wildman–Crippen LogP) is 1.53. The molecule has 0 aliphatic rings. The highest BCUT2D eigenvalue weighted by Gasteiger charge is 2.11. The number of thioether (sulfide) groups is 1. The molecule has 0 saturated heterocycles. The van der Waals surface area contributed by atoms with Gasteiger partial charge in [-0.05, 0) is 31.9 Å². The second kappa shape index (κ2) is 7.21. The monoisotopic (exact) mass is 205 g/mol. The predicted molar refractivity (Wildman–Crippen MR) is 57.3 cm³/mol. The molecule has 0 aliphatic carbocycles. The van der Waals surface area contributed by atoms with Crippen molar-refractivity contribution in [3.63, 3.8) is 0 Å². The number of carboxylic acid groups (broad SMARTS) is 1. The van der Waals surface area contributed by atoms with Crippen LogP contribution >= 0.6 is 11.8 Å². The number of rotatable bonds is 7. The van der Waals surface area contributed by atoms with Crippen LogP contribution in [0, 0.1) is 0 Å². The largest absolute Gasteiger partial charge is 0.480 e. The molecule has 1 N–H and O–H groups in total. The standard InChI is InChI=1S/C9H19NO2S/c1-4-13-6-5-8(2)10(3)7-9(11)12/h8H,4-7H2,1-3H3,(H,11,12)/t8-/m0/s1. The Hall–Kier alpha value is -0.220. The summed E-state index contributed by atoms with van der Waals surface area (Å²) in [6.45, 7) is 4.34. The molecule has 0 radical (unpaired) electrons. The molecule has 78 valence electrons. The Morgan fingerprint density at radius 3 is 2.69 bits per heavy atom. The first kappa shape index (κ1) is 12.8. The fourth-order valence-corrected chi connectivity index (χ4v) is 1.78. The molecule has 1 atom stereocenters. The van der Waals surface area contributed by atoms with Gasteiger partial charge < -0.3 is 5.11 Å². The third-order valence-corrected chi connectivity index (χ3v) is 2.95. The zero-order valence-corrected chi connectivity index (χ0v) is 9.43. The molecule has 0 rings (SSSR count). The molecule has 0 saturated carbocycles. The van der Waals surface area contributed by atoms with Crippen molar-refractivity contribution in [1.82, 2.24) is 4.90 Å². The Morgan fingerprint density at radius 2 is 2.23 bits per heavy atom. The minimum absolute atomic E-state index is 0.137. The summed E-state index contributed by atoms with van der Waals surface area (Å²) in [5.41, 5.74) is 0. The molecule has 0 aromatic rings. The molecule has 0 heterocycles. The highest BCUT2D eigenvalue weighted by atomic mass is 32.2. The topological polar surface area (TPSA) is 40.5 Å². The molecule has 0 aliphatic heterocycles. The van der Waals surface area contributed by atoms with E-state index in [1.807, 2.05) is 23.7 Å². The average molecular weight is 205 g/mol. The van der Waals surface area contributed by atoms with Crippen molar-refractivity contribution in [2.24, 2.45) is 0 Å². The summed E-state index contributed by atoms with van der Waals surface area (Å²) < 4.78 is 0. The van der Waals surface area contributed by atoms with Gasteiger partial charge in [-0.3, -0.25) is 9.69 Å². The summed E-state index contributed by atoms with van der Waals surface area (Å²) in [7, 11) is 1.86. The lowest BCUT2D eigenvalue weighted by Gasteiger charge is -2.22. The van der Waals surface area contributed by atoms with Gasteiger partial charge in [0.2, 0.25) is 0 Å². The molecule has 0 fully saturated rings. The molecule has 13 heavy (non-hydrogen) atoms. The van der Waals surface area contributed by atoms with Gasteiger partial charge in [0.1, 0.15) is 0 Å². The first-order valence-corrected chi connectivity index (χ1v) is 5.73. The SMILES string of the molecule is CCSCC[C@H](C)N(C)CC(=O)O. The minimum Gasteiger partial charge on any atom is -0.480 e. The van der Waals surface area contributed by atoms with E-state index in [-0.39, 0.29) is 6.54 Å². The lowest BCUT2D eigenvalue weighted by Crippen LogP contribution is -2.34. The van der Waals surface area contributed by atoms with Crippen LogP contribution in [-0.4, -0.2) is 47.1 Å². The summed E-state index contributed by atoms with van der Waals surface area (Å²) in [6.07, 6.45) is 1.06. The molecule has 0 aromatic heterocycles. The lowest BCUT2D eigenvalue weighted by atomic mass is 10.2. The number of carbonyl (C=O) groups is 1. The van der Waals surface area contributed by atoms with E-state index in [0.29, 0.717) is 6.04 Å². The van der Waals surface area contributed by atoms with E-state index in [1.165, 1.54) is 0 Å². The summed E-state index contributed by atoms with van der Waals surface area (Å²) in [4.78, 5) is 12.3. The van der Waals surface area contributed by atoms with E-state index in [1.54, 1.807) is 0 Å². The van der Waals surface area contributed by atoms with E-state index in [2.05, 4.69) is 13.8 Å². The summed E-state index contributed by atoms with van der Waals surface area (Å²) in [5, 5.41) is 8.56. The average Bonchev–Trinajstić information content (AvgIpc) is 2.03. The fraction of sp³-hybridized carbons (Fsp3) is 0.889. The zero-order chi connectivity index (χ0) is 10.3. The first-order valence-electron chi connectivity index (χ1n) is 4.57. The third kappa shape index (κ3) is 6.90. The lowest BCUT2D eigenvalue weighted by molar-refractivity contribution is -0.138. The van der Waals surface area contributed by atoms with Crippen molar-refractivity contribution in [3.05, 3.63) is 0 Å². The molecule has 0 bridgehead atoms. The fourth-order valence-electron chi connectivity index (χ4n) is 0.988. The van der Waals surface area contributed by atoms with Gasteiger partial charge in [-0.25, -0.2) is 0 Å². The van der Waals surface area contributed by atoms with Crippen molar-refractivity contribution < 1.29 is 9.90 Å². The number of hydrogen-bond donors (Lipinski definition) is 1. The van der Waals surface area contributed by atoms with Crippen molar-refractivity contribution in [2.75, 3.05) is 25.1 Å². The van der Waals surface area contributed by atoms with Gasteiger partial charge in [0.25, 0.3) is 0 Å². The van der Waals surface area contributed by atoms with Gasteiger partial charge in [-0.2, -0.15) is 11.8 Å². The summed E-state index contributed by atoms with van der Waals surface area (Å²) >= 11 is 1.90. The molecule has 4 heteroatoms. The minimum atomic E-state index is -0.752. The van der Waals surface area contributed by atoms with Crippen molar-refractivity contribution in [1.29, 1.82) is 0 Å². The van der Waals surface area contributed by atoms with Gasteiger partial charge in [-0.15, -0.1) is 0 Å². The van der Waals surface area contributed by atoms with Crippen molar-refractivity contribution in [2.45, 2.75) is 26.3 Å². The van der Waals surface area contributed by atoms with Crippen molar-refractivity contribution >= 4 is 17.7 Å². The Balaban J connectivity index is 3.56. The van der Waals surface area contributed by atoms with Gasteiger partial charge in [0.05, 0.1) is 6.54 Å². The molecular formula is C9H19NO2S. The van der Waals surface area contributed by atoms with Crippen LogP contribution < -0.4 is 0 Å². The maximum Gasteiger partial charge on any atom is 0.317 e. The Labute approximate surface area is 84.5 Å². The number of nitrogens with zero attached hydrogens (tertiary/aromatic N) is 1. The Kier molecular flexibility index (Phi) is 7.09. The van der Waals surface area contributed by atoms with Crippen molar-refractivity contribution in [3.8, 4) is 0 Å². The van der Waals surface area contributed by atoms with Gasteiger partial charge in [-0.1, -0.05) is 6.92 Å². The third-order valence-electron chi connectivity index (χ3n) is 2.02.